The Morgan fingerprint density at radius 1 is 1.41 bits per heavy atom. The highest BCUT2D eigenvalue weighted by molar-refractivity contribution is 9.10. The van der Waals surface area contributed by atoms with Crippen LogP contribution in [0.2, 0.25) is 0 Å². The monoisotopic (exact) mass is 292 g/mol. The number of fused-ring (bicyclic) bond motifs is 1. The van der Waals surface area contributed by atoms with Crippen LogP contribution in [0.25, 0.3) is 10.9 Å². The maximum absolute atomic E-state index is 3.60. The van der Waals surface area contributed by atoms with Crippen LogP contribution in [0.15, 0.2) is 22.7 Å². The van der Waals surface area contributed by atoms with E-state index in [1.807, 2.05) is 0 Å². The van der Waals surface area contributed by atoms with Crippen molar-refractivity contribution in [3.05, 3.63) is 33.9 Å². The maximum Gasteiger partial charge on any atom is 0.0494 e. The largest absolute Gasteiger partial charge is 0.346 e. The first-order valence-corrected chi connectivity index (χ1v) is 6.93. The molecule has 1 aliphatic carbocycles. The molecule has 2 nitrogen and oxygen atoms in total. The molecular formula is C14H17BrN2. The first kappa shape index (κ1) is 11.3. The molecule has 0 unspecified atom stereocenters. The number of rotatable bonds is 3. The molecule has 3 heteroatoms. The predicted octanol–water partition coefficient (Wildman–Crippen LogP) is 3.50. The molecule has 1 saturated carbocycles. The molecule has 1 heterocycles. The Labute approximate surface area is 110 Å². The number of halogens is 1. The summed E-state index contributed by atoms with van der Waals surface area (Å²) in [6, 6.07) is 7.28. The van der Waals surface area contributed by atoms with Crippen molar-refractivity contribution in [2.24, 2.45) is 7.05 Å². The first-order valence-electron chi connectivity index (χ1n) is 6.13. The molecule has 3 rings (SSSR count). The average Bonchev–Trinajstić information content (AvgIpc) is 3.09. The van der Waals surface area contributed by atoms with E-state index in [9.17, 15) is 0 Å². The van der Waals surface area contributed by atoms with Crippen LogP contribution in [0.4, 0.5) is 0 Å². The maximum atomic E-state index is 3.60. The fourth-order valence-electron chi connectivity index (χ4n) is 2.43. The van der Waals surface area contributed by atoms with Gasteiger partial charge in [-0.05, 0) is 37.5 Å². The molecule has 0 saturated heterocycles. The van der Waals surface area contributed by atoms with Gasteiger partial charge in [0.2, 0.25) is 0 Å². The van der Waals surface area contributed by atoms with E-state index in [0.717, 1.165) is 17.1 Å². The van der Waals surface area contributed by atoms with E-state index in [1.54, 1.807) is 0 Å². The second kappa shape index (κ2) is 4.14. The fraction of sp³-hybridized carbons (Fsp3) is 0.429. The smallest absolute Gasteiger partial charge is 0.0494 e. The highest BCUT2D eigenvalue weighted by Crippen LogP contribution is 2.28. The average molecular weight is 293 g/mol. The molecule has 0 spiro atoms. The molecule has 1 aromatic heterocycles. The summed E-state index contributed by atoms with van der Waals surface area (Å²) in [5, 5.41) is 4.96. The van der Waals surface area contributed by atoms with Gasteiger partial charge < -0.3 is 9.88 Å². The summed E-state index contributed by atoms with van der Waals surface area (Å²) < 4.78 is 3.46. The predicted molar refractivity (Wildman–Crippen MR) is 75.2 cm³/mol. The Hall–Kier alpha value is -0.800. The Morgan fingerprint density at radius 2 is 2.18 bits per heavy atom. The van der Waals surface area contributed by atoms with E-state index in [-0.39, 0.29) is 0 Å². The Morgan fingerprint density at radius 3 is 2.88 bits per heavy atom. The van der Waals surface area contributed by atoms with E-state index in [0.29, 0.717) is 0 Å². The lowest BCUT2D eigenvalue weighted by Gasteiger charge is -2.06. The summed E-state index contributed by atoms with van der Waals surface area (Å²) in [7, 11) is 2.16. The SMILES string of the molecule is Cc1c(CNC2CC2)n(C)c2cc(Br)ccc12. The molecule has 1 N–H and O–H groups in total. The van der Waals surface area contributed by atoms with Crippen LogP contribution < -0.4 is 5.32 Å². The van der Waals surface area contributed by atoms with Crippen molar-refractivity contribution in [3.8, 4) is 0 Å². The normalized spacial score (nSPS) is 15.7. The van der Waals surface area contributed by atoms with Gasteiger partial charge in [-0.1, -0.05) is 22.0 Å². The topological polar surface area (TPSA) is 17.0 Å². The van der Waals surface area contributed by atoms with E-state index in [1.165, 1.54) is 35.0 Å². The zero-order valence-electron chi connectivity index (χ0n) is 10.3. The zero-order chi connectivity index (χ0) is 12.0. The highest BCUT2D eigenvalue weighted by Gasteiger charge is 2.21. The Kier molecular flexibility index (Phi) is 2.75. The summed E-state index contributed by atoms with van der Waals surface area (Å²) >= 11 is 3.54. The number of hydrogen-bond acceptors (Lipinski definition) is 1. The molecule has 0 radical (unpaired) electrons. The molecule has 0 atom stereocenters. The van der Waals surface area contributed by atoms with Crippen LogP contribution in [0, 0.1) is 6.92 Å². The minimum absolute atomic E-state index is 0.763. The van der Waals surface area contributed by atoms with Gasteiger partial charge in [-0.2, -0.15) is 0 Å². The summed E-state index contributed by atoms with van der Waals surface area (Å²) in [6.07, 6.45) is 2.68. The number of aryl methyl sites for hydroxylation is 2. The third kappa shape index (κ3) is 2.02. The van der Waals surface area contributed by atoms with Crippen molar-refractivity contribution in [2.45, 2.75) is 32.4 Å². The Balaban J connectivity index is 2.03. The van der Waals surface area contributed by atoms with Gasteiger partial charge in [0, 0.05) is 40.7 Å². The molecule has 17 heavy (non-hydrogen) atoms. The van der Waals surface area contributed by atoms with Gasteiger partial charge in [-0.15, -0.1) is 0 Å². The van der Waals surface area contributed by atoms with Crippen molar-refractivity contribution in [2.75, 3.05) is 0 Å². The van der Waals surface area contributed by atoms with Crippen molar-refractivity contribution < 1.29 is 0 Å². The fourth-order valence-corrected chi connectivity index (χ4v) is 2.78. The van der Waals surface area contributed by atoms with Gasteiger partial charge in [0.05, 0.1) is 0 Å². The molecule has 0 amide bonds. The van der Waals surface area contributed by atoms with Crippen LogP contribution >= 0.6 is 15.9 Å². The number of aromatic nitrogens is 1. The van der Waals surface area contributed by atoms with Gasteiger partial charge in [0.25, 0.3) is 0 Å². The van der Waals surface area contributed by atoms with Crippen molar-refractivity contribution >= 4 is 26.8 Å². The minimum atomic E-state index is 0.763. The van der Waals surface area contributed by atoms with Crippen molar-refractivity contribution in [3.63, 3.8) is 0 Å². The summed E-state index contributed by atoms with van der Waals surface area (Å²) in [5.41, 5.74) is 4.12. The van der Waals surface area contributed by atoms with Crippen LogP contribution in [-0.4, -0.2) is 10.6 Å². The van der Waals surface area contributed by atoms with Crippen LogP contribution in [-0.2, 0) is 13.6 Å². The lowest BCUT2D eigenvalue weighted by molar-refractivity contribution is 0.652. The number of nitrogens with one attached hydrogen (secondary N) is 1. The second-order valence-electron chi connectivity index (χ2n) is 4.95. The number of nitrogens with zero attached hydrogens (tertiary/aromatic N) is 1. The highest BCUT2D eigenvalue weighted by atomic mass is 79.9. The standard InChI is InChI=1S/C14H17BrN2/c1-9-12-6-3-10(15)7-13(12)17(2)14(9)8-16-11-4-5-11/h3,6-7,11,16H,4-5,8H2,1-2H3. The van der Waals surface area contributed by atoms with Crippen LogP contribution in [0.1, 0.15) is 24.1 Å². The van der Waals surface area contributed by atoms with Gasteiger partial charge in [0.15, 0.2) is 0 Å². The molecule has 0 aliphatic heterocycles. The molecule has 0 bridgehead atoms. The molecular weight excluding hydrogens is 276 g/mol. The van der Waals surface area contributed by atoms with E-state index in [2.05, 4.69) is 58.0 Å². The third-order valence-corrected chi connectivity index (χ3v) is 4.19. The third-order valence-electron chi connectivity index (χ3n) is 3.70. The molecule has 90 valence electrons. The lowest BCUT2D eigenvalue weighted by atomic mass is 10.1. The quantitative estimate of drug-likeness (QED) is 0.916. The van der Waals surface area contributed by atoms with Gasteiger partial charge in [0.1, 0.15) is 0 Å². The van der Waals surface area contributed by atoms with Crippen LogP contribution in [0.5, 0.6) is 0 Å². The van der Waals surface area contributed by atoms with E-state index in [4.69, 9.17) is 0 Å². The zero-order valence-corrected chi connectivity index (χ0v) is 11.8. The molecule has 2 aromatic rings. The number of benzene rings is 1. The lowest BCUT2D eigenvalue weighted by Crippen LogP contribution is -2.17. The summed E-state index contributed by atoms with van der Waals surface area (Å²) in [5.74, 6) is 0. The molecule has 1 aliphatic rings. The van der Waals surface area contributed by atoms with E-state index < -0.39 is 0 Å². The van der Waals surface area contributed by atoms with Gasteiger partial charge in [-0.25, -0.2) is 0 Å². The number of hydrogen-bond donors (Lipinski definition) is 1. The second-order valence-corrected chi connectivity index (χ2v) is 5.86. The molecule has 1 fully saturated rings. The minimum Gasteiger partial charge on any atom is -0.346 e. The van der Waals surface area contributed by atoms with Gasteiger partial charge >= 0.3 is 0 Å². The van der Waals surface area contributed by atoms with Gasteiger partial charge in [-0.3, -0.25) is 0 Å². The van der Waals surface area contributed by atoms with E-state index >= 15 is 0 Å². The van der Waals surface area contributed by atoms with Crippen molar-refractivity contribution in [1.29, 1.82) is 0 Å². The summed E-state index contributed by atoms with van der Waals surface area (Å²) in [4.78, 5) is 0. The van der Waals surface area contributed by atoms with Crippen LogP contribution in [0.3, 0.4) is 0 Å². The summed E-state index contributed by atoms with van der Waals surface area (Å²) in [6.45, 7) is 3.21. The molecule has 1 aromatic carbocycles. The first-order chi connectivity index (χ1) is 8.16. The Bertz CT molecular complexity index is 567. The van der Waals surface area contributed by atoms with Crippen molar-refractivity contribution in [1.82, 2.24) is 9.88 Å².